The molecule has 84 heavy (non-hydrogen) atoms. The molecular formula is C78H76BN3OS. The second-order valence-corrected chi connectivity index (χ2v) is 30.5. The Kier molecular flexibility index (Phi) is 10.9. The number of furan rings is 1. The summed E-state index contributed by atoms with van der Waals surface area (Å²) in [4.78, 5) is 8.31. The topological polar surface area (TPSA) is 22.9 Å². The second kappa shape index (κ2) is 17.5. The molecule has 418 valence electrons. The molecule has 0 amide bonds. The maximum atomic E-state index is 6.88. The normalized spacial score (nSPS) is 20.3. The number of thiophene rings is 1. The summed E-state index contributed by atoms with van der Waals surface area (Å²) in [6.45, 7) is 29.3. The van der Waals surface area contributed by atoms with E-state index in [2.05, 4.69) is 268 Å². The minimum Gasteiger partial charge on any atom is -0.456 e. The van der Waals surface area contributed by atoms with Gasteiger partial charge in [0.2, 0.25) is 0 Å². The van der Waals surface area contributed by atoms with Gasteiger partial charge in [0.1, 0.15) is 11.2 Å². The summed E-state index contributed by atoms with van der Waals surface area (Å²) in [7, 11) is 0. The van der Waals surface area contributed by atoms with E-state index in [0.717, 1.165) is 53.3 Å². The lowest BCUT2D eigenvalue weighted by molar-refractivity contribution is 0.195. The van der Waals surface area contributed by atoms with Gasteiger partial charge in [-0.3, -0.25) is 0 Å². The van der Waals surface area contributed by atoms with Crippen molar-refractivity contribution in [3.05, 3.63) is 198 Å². The van der Waals surface area contributed by atoms with Crippen LogP contribution in [0.1, 0.15) is 149 Å². The monoisotopic (exact) mass is 1110 g/mol. The zero-order valence-corrected chi connectivity index (χ0v) is 52.0. The molecule has 0 bridgehead atoms. The number of fused-ring (bicyclic) bond motifs is 14. The minimum absolute atomic E-state index is 0.0100. The Morgan fingerprint density at radius 2 is 1.06 bits per heavy atom. The van der Waals surface area contributed by atoms with E-state index >= 15 is 0 Å². The van der Waals surface area contributed by atoms with Crippen molar-refractivity contribution < 1.29 is 4.42 Å². The van der Waals surface area contributed by atoms with Gasteiger partial charge in [0.25, 0.3) is 6.71 Å². The van der Waals surface area contributed by atoms with E-state index in [1.807, 2.05) is 11.3 Å². The van der Waals surface area contributed by atoms with Crippen LogP contribution < -0.4 is 31.1 Å². The van der Waals surface area contributed by atoms with E-state index in [9.17, 15) is 0 Å². The van der Waals surface area contributed by atoms with Crippen LogP contribution >= 0.6 is 11.3 Å². The van der Waals surface area contributed by atoms with Gasteiger partial charge in [-0.25, -0.2) is 0 Å². The highest BCUT2D eigenvalue weighted by atomic mass is 32.1. The average Bonchev–Trinajstić information content (AvgIpc) is 2.88. The van der Waals surface area contributed by atoms with Gasteiger partial charge in [-0.1, -0.05) is 186 Å². The largest absolute Gasteiger partial charge is 0.456 e. The number of benzene rings is 9. The molecule has 2 atom stereocenters. The van der Waals surface area contributed by atoms with E-state index in [4.69, 9.17) is 4.42 Å². The highest BCUT2D eigenvalue weighted by molar-refractivity contribution is 7.26. The number of hydrogen-bond donors (Lipinski definition) is 0. The van der Waals surface area contributed by atoms with Crippen LogP contribution in [0.25, 0.3) is 53.2 Å². The van der Waals surface area contributed by atoms with Crippen molar-refractivity contribution in [1.82, 2.24) is 0 Å². The fraction of sp³-hybridized carbons (Fsp3) is 0.308. The van der Waals surface area contributed by atoms with Gasteiger partial charge in [0.05, 0.1) is 22.3 Å². The SMILES string of the molecule is CC(C)(C)c1ccc(N2c3cc4c(cc3B3c5cc6c(cc5N(c5cccc7oc8ccccc8c57)c5cc(N7c8ccc(C(C)(C)C)cc8C8(C)CCCCC78C)cc2c53)C(C)(C)CCC6(C)C)sc2ccccc24)c(-c2ccccc2)c1. The van der Waals surface area contributed by atoms with Crippen molar-refractivity contribution >= 4 is 122 Å². The first-order valence-electron chi connectivity index (χ1n) is 31.1. The zero-order valence-electron chi connectivity index (χ0n) is 51.1. The fourth-order valence-corrected chi connectivity index (χ4v) is 17.6. The van der Waals surface area contributed by atoms with E-state index in [1.165, 1.54) is 128 Å². The van der Waals surface area contributed by atoms with Crippen molar-refractivity contribution in [3.63, 3.8) is 0 Å². The van der Waals surface area contributed by atoms with Crippen LogP contribution in [0.2, 0.25) is 0 Å². The number of anilines is 8. The molecule has 3 aliphatic heterocycles. The van der Waals surface area contributed by atoms with E-state index in [1.54, 1.807) is 0 Å². The molecule has 6 heteroatoms. The lowest BCUT2D eigenvalue weighted by atomic mass is 9.33. The Balaban J connectivity index is 1.10. The maximum Gasteiger partial charge on any atom is 0.252 e. The van der Waals surface area contributed by atoms with Gasteiger partial charge in [0.15, 0.2) is 0 Å². The van der Waals surface area contributed by atoms with Gasteiger partial charge in [0, 0.05) is 70.7 Å². The van der Waals surface area contributed by atoms with Crippen molar-refractivity contribution in [1.29, 1.82) is 0 Å². The molecule has 1 saturated carbocycles. The summed E-state index contributed by atoms with van der Waals surface area (Å²) in [5.41, 5.74) is 25.0. The summed E-state index contributed by atoms with van der Waals surface area (Å²) in [5.74, 6) is 0. The highest BCUT2D eigenvalue weighted by Gasteiger charge is 2.58. The third-order valence-electron chi connectivity index (χ3n) is 21.6. The minimum atomic E-state index is -0.208. The van der Waals surface area contributed by atoms with Crippen LogP contribution in [0.4, 0.5) is 45.5 Å². The van der Waals surface area contributed by atoms with E-state index < -0.39 is 0 Å². The molecule has 5 heterocycles. The summed E-state index contributed by atoms with van der Waals surface area (Å²) < 4.78 is 9.53. The van der Waals surface area contributed by atoms with Gasteiger partial charge in [-0.2, -0.15) is 0 Å². The number of rotatable bonds is 4. The third kappa shape index (κ3) is 7.25. The Labute approximate surface area is 501 Å². The molecule has 1 fully saturated rings. The van der Waals surface area contributed by atoms with Crippen LogP contribution in [-0.2, 0) is 27.1 Å². The standard InChI is InChI=1S/C78H76BN3OS/c1-73(2,3)48-31-33-60(53(39-48)47-23-14-13-15-24-47)80-63-43-54-51-25-17-19-30-69(51)84-70(54)46-59(63)79-58-44-55-56(76(9,10)38-37-75(55,7)8)45-64(58)81(62-27-22-29-68-71(62)52-26-16-18-28-67(52)83-68)66-42-50(41-65(80)72(66)79)82-61-34-32-49(74(4,5)6)40-57(61)77(11)35-20-21-36-78(77,82)12/h13-19,22-34,39-46H,20-21,35-38H2,1-12H3. The third-order valence-corrected chi connectivity index (χ3v) is 22.7. The van der Waals surface area contributed by atoms with Gasteiger partial charge in [-0.15, -0.1) is 11.3 Å². The number of para-hydroxylation sites is 1. The Morgan fingerprint density at radius 1 is 0.452 bits per heavy atom. The molecule has 2 aromatic heterocycles. The summed E-state index contributed by atoms with van der Waals surface area (Å²) in [5, 5.41) is 4.90. The highest BCUT2D eigenvalue weighted by Crippen LogP contribution is 2.63. The van der Waals surface area contributed by atoms with Crippen LogP contribution in [0, 0.1) is 0 Å². The smallest absolute Gasteiger partial charge is 0.252 e. The lowest BCUT2D eigenvalue weighted by Crippen LogP contribution is -2.62. The summed E-state index contributed by atoms with van der Waals surface area (Å²) in [6.07, 6.45) is 6.94. The molecule has 9 aromatic carbocycles. The van der Waals surface area contributed by atoms with Gasteiger partial charge in [-0.05, 0) is 177 Å². The number of hydrogen-bond acceptors (Lipinski definition) is 5. The molecular weight excluding hydrogens is 1040 g/mol. The first-order valence-corrected chi connectivity index (χ1v) is 31.9. The maximum absolute atomic E-state index is 6.88. The predicted molar refractivity (Wildman–Crippen MR) is 362 cm³/mol. The Hall–Kier alpha value is -7.54. The average molecular weight is 1110 g/mol. The van der Waals surface area contributed by atoms with E-state index in [-0.39, 0.29) is 39.3 Å². The van der Waals surface area contributed by atoms with Crippen LogP contribution in [0.3, 0.4) is 0 Å². The molecule has 4 nitrogen and oxygen atoms in total. The molecule has 5 aliphatic rings. The number of nitrogens with zero attached hydrogens (tertiary/aromatic N) is 3. The second-order valence-electron chi connectivity index (χ2n) is 29.5. The van der Waals surface area contributed by atoms with Crippen LogP contribution in [0.5, 0.6) is 0 Å². The molecule has 0 radical (unpaired) electrons. The summed E-state index contributed by atoms with van der Waals surface area (Å²) in [6, 6.07) is 66.6. The Bertz CT molecular complexity index is 4600. The van der Waals surface area contributed by atoms with Gasteiger partial charge >= 0.3 is 0 Å². The van der Waals surface area contributed by atoms with Gasteiger partial charge < -0.3 is 19.1 Å². The molecule has 2 unspecified atom stereocenters. The quantitative estimate of drug-likeness (QED) is 0.164. The molecule has 0 saturated heterocycles. The van der Waals surface area contributed by atoms with Crippen molar-refractivity contribution in [2.24, 2.45) is 0 Å². The fourth-order valence-electron chi connectivity index (χ4n) is 16.5. The van der Waals surface area contributed by atoms with E-state index in [0.29, 0.717) is 0 Å². The van der Waals surface area contributed by atoms with Crippen LogP contribution in [-0.4, -0.2) is 12.3 Å². The first-order chi connectivity index (χ1) is 40.1. The van der Waals surface area contributed by atoms with Crippen LogP contribution in [0.15, 0.2) is 174 Å². The lowest BCUT2D eigenvalue weighted by Gasteiger charge is -2.51. The molecule has 0 spiro atoms. The molecule has 2 aliphatic carbocycles. The Morgan fingerprint density at radius 3 is 1.80 bits per heavy atom. The van der Waals surface area contributed by atoms with Crippen molar-refractivity contribution in [3.8, 4) is 11.1 Å². The van der Waals surface area contributed by atoms with Crippen molar-refractivity contribution in [2.45, 2.75) is 154 Å². The first kappa shape index (κ1) is 52.1. The molecule has 11 aromatic rings. The molecule has 16 rings (SSSR count). The van der Waals surface area contributed by atoms with Crippen molar-refractivity contribution in [2.75, 3.05) is 14.7 Å². The summed E-state index contributed by atoms with van der Waals surface area (Å²) >= 11 is 1.94. The molecule has 0 N–H and O–H groups in total. The predicted octanol–water partition coefficient (Wildman–Crippen LogP) is 20.4. The zero-order chi connectivity index (χ0) is 57.8.